The van der Waals surface area contributed by atoms with Crippen molar-refractivity contribution in [1.29, 1.82) is 0 Å². The summed E-state index contributed by atoms with van der Waals surface area (Å²) < 4.78 is 1.16. The van der Waals surface area contributed by atoms with Crippen molar-refractivity contribution in [3.63, 3.8) is 0 Å². The molecule has 1 fully saturated rings. The van der Waals surface area contributed by atoms with Crippen LogP contribution in [0.15, 0.2) is 12.2 Å². The van der Waals surface area contributed by atoms with E-state index in [-0.39, 0.29) is 0 Å². The van der Waals surface area contributed by atoms with E-state index in [0.29, 0.717) is 0 Å². The Morgan fingerprint density at radius 2 is 1.45 bits per heavy atom. The molecule has 0 aromatic rings. The normalized spacial score (nSPS) is 41.9. The van der Waals surface area contributed by atoms with Gasteiger partial charge in [0.25, 0.3) is 0 Å². The van der Waals surface area contributed by atoms with Crippen LogP contribution in [-0.2, 0) is 0 Å². The Balaban J connectivity index is 2.20. The number of hydrogen-bond donors (Lipinski definition) is 0. The van der Waals surface area contributed by atoms with Crippen LogP contribution in [0.1, 0.15) is 12.8 Å². The molecule has 0 amide bonds. The van der Waals surface area contributed by atoms with Crippen LogP contribution in [0.4, 0.5) is 0 Å². The van der Waals surface area contributed by atoms with Crippen LogP contribution in [0.5, 0.6) is 0 Å². The molecule has 11 heavy (non-hydrogen) atoms. The van der Waals surface area contributed by atoms with Gasteiger partial charge in [0.2, 0.25) is 0 Å². The molecule has 0 aromatic heterocycles. The Bertz CT molecular complexity index is 174. The van der Waals surface area contributed by atoms with Gasteiger partial charge in [0, 0.05) is 0 Å². The van der Waals surface area contributed by atoms with Crippen molar-refractivity contribution in [2.45, 2.75) is 31.6 Å². The summed E-state index contributed by atoms with van der Waals surface area (Å²) >= 11 is -1.55. The Morgan fingerprint density at radius 3 is 1.64 bits per heavy atom. The maximum atomic E-state index is 2.59. The second-order valence-electron chi connectivity index (χ2n) is 5.18. The van der Waals surface area contributed by atoms with Gasteiger partial charge in [-0.25, -0.2) is 0 Å². The van der Waals surface area contributed by atoms with Crippen LogP contribution in [0, 0.1) is 11.8 Å². The Hall–Kier alpha value is 0.539. The predicted molar refractivity (Wildman–Crippen MR) is 52.5 cm³/mol. The molecule has 0 heterocycles. The average molecular weight is 257 g/mol. The first kappa shape index (κ1) is 8.15. The quantitative estimate of drug-likeness (QED) is 0.499. The summed E-state index contributed by atoms with van der Waals surface area (Å²) in [6.07, 6.45) is 8.00. The molecular formula is C10H18Sn. The van der Waals surface area contributed by atoms with Crippen LogP contribution in [0.3, 0.4) is 0 Å². The van der Waals surface area contributed by atoms with Gasteiger partial charge in [-0.05, 0) is 0 Å². The molecule has 1 heteroatoms. The molecule has 0 aliphatic heterocycles. The summed E-state index contributed by atoms with van der Waals surface area (Å²) in [5.41, 5.74) is 0. The van der Waals surface area contributed by atoms with Crippen LogP contribution in [-0.4, -0.2) is 18.4 Å². The fourth-order valence-electron chi connectivity index (χ4n) is 3.06. The zero-order valence-electron chi connectivity index (χ0n) is 7.80. The SMILES string of the molecule is [CH3][Sn]([CH3])([CH3])[CH]1[C@@H]2C=C[C@H]1CC2. The van der Waals surface area contributed by atoms with E-state index in [4.69, 9.17) is 0 Å². The molecule has 2 aliphatic carbocycles. The van der Waals surface area contributed by atoms with Crippen molar-refractivity contribution in [2.75, 3.05) is 0 Å². The van der Waals surface area contributed by atoms with Gasteiger partial charge in [0.05, 0.1) is 0 Å². The van der Waals surface area contributed by atoms with Gasteiger partial charge >= 0.3 is 74.0 Å². The molecule has 0 spiro atoms. The summed E-state index contributed by atoms with van der Waals surface area (Å²) in [6.45, 7) is 0. The molecule has 2 bridgehead atoms. The van der Waals surface area contributed by atoms with E-state index in [9.17, 15) is 0 Å². The van der Waals surface area contributed by atoms with Crippen molar-refractivity contribution in [2.24, 2.45) is 11.8 Å². The van der Waals surface area contributed by atoms with E-state index in [1.807, 2.05) is 0 Å². The van der Waals surface area contributed by atoms with E-state index in [2.05, 4.69) is 27.0 Å². The zero-order chi connectivity index (χ0) is 8.06. The van der Waals surface area contributed by atoms with Gasteiger partial charge in [0.1, 0.15) is 0 Å². The van der Waals surface area contributed by atoms with Crippen LogP contribution in [0.25, 0.3) is 0 Å². The average Bonchev–Trinajstić information content (AvgIpc) is 2.40. The Morgan fingerprint density at radius 1 is 1.00 bits per heavy atom. The molecule has 1 saturated carbocycles. The third-order valence-corrected chi connectivity index (χ3v) is 11.5. The standard InChI is InChI=1S/C7H9.3CH3.Sn/c1-2-7-4-3-6(1)5-7;;;;/h1-2,5-7H,3-4H2;3*1H3;/t6-,7+;;;;. The maximum absolute atomic E-state index is 2.59. The second kappa shape index (κ2) is 2.51. The van der Waals surface area contributed by atoms with E-state index >= 15 is 0 Å². The topological polar surface area (TPSA) is 0 Å². The molecule has 0 saturated heterocycles. The minimum absolute atomic E-state index is 1.01. The molecule has 2 aliphatic rings. The molecule has 0 radical (unpaired) electrons. The first-order chi connectivity index (χ1) is 5.09. The van der Waals surface area contributed by atoms with E-state index < -0.39 is 18.4 Å². The van der Waals surface area contributed by atoms with Gasteiger partial charge in [-0.15, -0.1) is 0 Å². The molecule has 0 nitrogen and oxygen atoms in total. The van der Waals surface area contributed by atoms with Gasteiger partial charge in [-0.3, -0.25) is 0 Å². The Kier molecular flexibility index (Phi) is 1.86. The molecule has 3 atom stereocenters. The monoisotopic (exact) mass is 258 g/mol. The van der Waals surface area contributed by atoms with E-state index in [0.717, 1.165) is 15.8 Å². The summed E-state index contributed by atoms with van der Waals surface area (Å²) in [7, 11) is 0. The second-order valence-corrected chi connectivity index (χ2v) is 20.6. The number of allylic oxidation sites excluding steroid dienone is 2. The molecule has 1 unspecified atom stereocenters. The fraction of sp³-hybridized carbons (Fsp3) is 0.800. The van der Waals surface area contributed by atoms with Gasteiger partial charge in [-0.1, -0.05) is 0 Å². The summed E-state index contributed by atoms with van der Waals surface area (Å²) in [4.78, 5) is 7.78. The van der Waals surface area contributed by atoms with Crippen molar-refractivity contribution in [3.8, 4) is 0 Å². The van der Waals surface area contributed by atoms with Crippen LogP contribution < -0.4 is 0 Å². The summed E-state index contributed by atoms with van der Waals surface area (Å²) in [5.74, 6) is 2.02. The van der Waals surface area contributed by atoms with Gasteiger partial charge < -0.3 is 0 Å². The van der Waals surface area contributed by atoms with Crippen molar-refractivity contribution >= 4 is 18.4 Å². The summed E-state index contributed by atoms with van der Waals surface area (Å²) in [6, 6.07) is 0. The Labute approximate surface area is 73.9 Å². The molecule has 62 valence electrons. The van der Waals surface area contributed by atoms with Crippen LogP contribution in [0.2, 0.25) is 18.8 Å². The molecule has 0 aromatic carbocycles. The molecule has 0 N–H and O–H groups in total. The third-order valence-electron chi connectivity index (χ3n) is 3.36. The van der Waals surface area contributed by atoms with E-state index in [1.165, 1.54) is 12.8 Å². The van der Waals surface area contributed by atoms with Gasteiger partial charge in [0.15, 0.2) is 0 Å². The van der Waals surface area contributed by atoms with Crippen LogP contribution >= 0.6 is 0 Å². The van der Waals surface area contributed by atoms with Crippen molar-refractivity contribution in [1.82, 2.24) is 0 Å². The molecule has 2 rings (SSSR count). The molecular weight excluding hydrogens is 239 g/mol. The van der Waals surface area contributed by atoms with Crippen molar-refractivity contribution < 1.29 is 0 Å². The van der Waals surface area contributed by atoms with Crippen molar-refractivity contribution in [3.05, 3.63) is 12.2 Å². The first-order valence-corrected chi connectivity index (χ1v) is 15.0. The first-order valence-electron chi connectivity index (χ1n) is 4.77. The van der Waals surface area contributed by atoms with E-state index in [1.54, 1.807) is 0 Å². The zero-order valence-corrected chi connectivity index (χ0v) is 10.7. The number of fused-ring (bicyclic) bond motifs is 2. The number of rotatable bonds is 1. The third kappa shape index (κ3) is 1.28. The van der Waals surface area contributed by atoms with Gasteiger partial charge in [-0.2, -0.15) is 0 Å². The predicted octanol–water partition coefficient (Wildman–Crippen LogP) is 3.29. The summed E-state index contributed by atoms with van der Waals surface area (Å²) in [5, 5.41) is 0. The number of hydrogen-bond acceptors (Lipinski definition) is 0. The minimum atomic E-state index is -1.55. The fourth-order valence-corrected chi connectivity index (χ4v) is 12.0.